The van der Waals surface area contributed by atoms with E-state index >= 15 is 0 Å². The molecule has 0 heterocycles. The first kappa shape index (κ1) is 21.0. The molecule has 0 unspecified atom stereocenters. The number of esters is 2. The molecule has 4 nitrogen and oxygen atoms in total. The van der Waals surface area contributed by atoms with Gasteiger partial charge in [-0.05, 0) is 45.3 Å². The van der Waals surface area contributed by atoms with Crippen LogP contribution in [0.2, 0.25) is 0 Å². The summed E-state index contributed by atoms with van der Waals surface area (Å²) in [7, 11) is -0.453. The lowest BCUT2D eigenvalue weighted by atomic mass is 10.3. The predicted molar refractivity (Wildman–Crippen MR) is 80.0 cm³/mol. The zero-order chi connectivity index (χ0) is 13.8. The summed E-state index contributed by atoms with van der Waals surface area (Å²) in [5.74, 6) is -0.456. The average molecular weight is 308 g/mol. The van der Waals surface area contributed by atoms with E-state index in [9.17, 15) is 9.59 Å². The summed E-state index contributed by atoms with van der Waals surface area (Å²) >= 11 is 6.21. The van der Waals surface area contributed by atoms with Crippen molar-refractivity contribution in [2.45, 2.75) is 39.5 Å². The Labute approximate surface area is 123 Å². The van der Waals surface area contributed by atoms with E-state index in [1.807, 2.05) is 0 Å². The van der Waals surface area contributed by atoms with Gasteiger partial charge < -0.3 is 9.47 Å². The van der Waals surface area contributed by atoms with E-state index in [2.05, 4.69) is 0 Å². The van der Waals surface area contributed by atoms with E-state index in [1.165, 1.54) is 13.8 Å². The molecule has 0 saturated carbocycles. The second-order valence-corrected chi connectivity index (χ2v) is 7.26. The van der Waals surface area contributed by atoms with Gasteiger partial charge in [-0.3, -0.25) is 9.59 Å². The van der Waals surface area contributed by atoms with E-state index in [0.717, 1.165) is 38.0 Å². The Morgan fingerprint density at radius 1 is 0.895 bits per heavy atom. The molecule has 7 heteroatoms. The number of hydrogen-bond acceptors (Lipinski definition) is 4. The summed E-state index contributed by atoms with van der Waals surface area (Å²) in [6.45, 7) is 3.80. The Hall–Kier alpha value is -0.275. The summed E-state index contributed by atoms with van der Waals surface area (Å²) < 4.78 is 9.67. The highest BCUT2D eigenvalue weighted by molar-refractivity contribution is 7.83. The van der Waals surface area contributed by atoms with Crippen molar-refractivity contribution in [3.63, 3.8) is 0 Å². The minimum absolute atomic E-state index is 0. The van der Waals surface area contributed by atoms with Gasteiger partial charge in [0.1, 0.15) is 0 Å². The lowest BCUT2D eigenvalue weighted by Crippen LogP contribution is -2.01. The van der Waals surface area contributed by atoms with Crippen LogP contribution in [0.15, 0.2) is 0 Å². The molecule has 109 valence electrons. The third kappa shape index (κ3) is 17.7. The molecule has 19 heavy (non-hydrogen) atoms. The minimum atomic E-state index is -0.453. The molecule has 0 bridgehead atoms. The van der Waals surface area contributed by atoms with Crippen LogP contribution in [0.4, 0.5) is 0 Å². The molecule has 0 aliphatic carbocycles. The van der Waals surface area contributed by atoms with Crippen molar-refractivity contribution >= 4 is 38.9 Å². The maximum atomic E-state index is 10.5. The van der Waals surface area contributed by atoms with E-state index in [-0.39, 0.29) is 20.4 Å². The van der Waals surface area contributed by atoms with E-state index < -0.39 is 7.27 Å². The molecule has 0 amide bonds. The summed E-state index contributed by atoms with van der Waals surface area (Å²) in [5.41, 5.74) is 0. The molecular weight excluding hydrogens is 285 g/mol. The topological polar surface area (TPSA) is 52.6 Å². The lowest BCUT2D eigenvalue weighted by Gasteiger charge is -2.09. The van der Waals surface area contributed by atoms with Crippen LogP contribution in [0.25, 0.3) is 0 Å². The van der Waals surface area contributed by atoms with E-state index in [4.69, 9.17) is 20.7 Å². The maximum absolute atomic E-state index is 10.5. The molecule has 0 rings (SSSR count). The quantitative estimate of drug-likeness (QED) is 0.269. The van der Waals surface area contributed by atoms with Gasteiger partial charge in [0.15, 0.2) is 0 Å². The highest BCUT2D eigenvalue weighted by Gasteiger charge is 2.04. The first-order chi connectivity index (χ1) is 8.52. The van der Waals surface area contributed by atoms with Gasteiger partial charge in [0, 0.05) is 22.3 Å². The molecule has 0 saturated heterocycles. The van der Waals surface area contributed by atoms with Gasteiger partial charge >= 0.3 is 11.9 Å². The molecule has 0 aromatic carbocycles. The Kier molecular flexibility index (Phi) is 15.7. The van der Waals surface area contributed by atoms with Gasteiger partial charge in [-0.25, -0.2) is 0 Å². The first-order valence-corrected chi connectivity index (χ1v) is 8.81. The standard InChI is InChI=1S/C12H22ClO4P.B/c1-11(14)16-7-3-5-9-18(13)10-6-4-8-17-12(2)15;/h3-10H2,1-2H3;. The predicted octanol–water partition coefficient (Wildman–Crippen LogP) is 2.93. The molecule has 3 radical (unpaired) electrons. The highest BCUT2D eigenvalue weighted by Crippen LogP contribution is 2.42. The number of carbonyl (C=O) groups is 2. The molecule has 0 fully saturated rings. The van der Waals surface area contributed by atoms with Crippen LogP contribution in [0.1, 0.15) is 39.5 Å². The SMILES string of the molecule is CC(=O)OCCCCP(Cl)CCCCOC(C)=O.[B]. The third-order valence-electron chi connectivity index (χ3n) is 2.20. The van der Waals surface area contributed by atoms with Crippen molar-refractivity contribution in [1.82, 2.24) is 0 Å². The van der Waals surface area contributed by atoms with Gasteiger partial charge in [-0.1, -0.05) is 11.2 Å². The Morgan fingerprint density at radius 2 is 1.26 bits per heavy atom. The Balaban J connectivity index is 0. The number of unbranched alkanes of at least 4 members (excludes halogenated alkanes) is 2. The second-order valence-electron chi connectivity index (χ2n) is 4.00. The van der Waals surface area contributed by atoms with E-state index in [0.29, 0.717) is 13.2 Å². The van der Waals surface area contributed by atoms with Crippen LogP contribution < -0.4 is 0 Å². The van der Waals surface area contributed by atoms with Crippen LogP contribution in [-0.4, -0.2) is 45.9 Å². The molecule has 0 N–H and O–H groups in total. The van der Waals surface area contributed by atoms with Gasteiger partial charge in [-0.2, -0.15) is 0 Å². The second kappa shape index (κ2) is 14.1. The van der Waals surface area contributed by atoms with E-state index in [1.54, 1.807) is 0 Å². The third-order valence-corrected chi connectivity index (χ3v) is 4.82. The van der Waals surface area contributed by atoms with Crippen LogP contribution >= 0.6 is 18.5 Å². The maximum Gasteiger partial charge on any atom is 0.302 e. The largest absolute Gasteiger partial charge is 0.466 e. The normalized spacial score (nSPS) is 9.89. The summed E-state index contributed by atoms with van der Waals surface area (Å²) in [6.07, 6.45) is 5.72. The zero-order valence-corrected chi connectivity index (χ0v) is 13.3. The van der Waals surface area contributed by atoms with Crippen LogP contribution in [0.3, 0.4) is 0 Å². The highest BCUT2D eigenvalue weighted by atomic mass is 35.7. The van der Waals surface area contributed by atoms with Crippen molar-refractivity contribution in [3.05, 3.63) is 0 Å². The molecule has 0 aromatic heterocycles. The molecule has 0 aliphatic rings. The van der Waals surface area contributed by atoms with Crippen LogP contribution in [0.5, 0.6) is 0 Å². The molecule has 0 atom stereocenters. The fourth-order valence-corrected chi connectivity index (χ4v) is 3.39. The smallest absolute Gasteiger partial charge is 0.302 e. The molecule has 0 spiro atoms. The fraction of sp³-hybridized carbons (Fsp3) is 0.833. The van der Waals surface area contributed by atoms with Gasteiger partial charge in [0.05, 0.1) is 13.2 Å². The van der Waals surface area contributed by atoms with Crippen molar-refractivity contribution in [2.75, 3.05) is 25.5 Å². The molecule has 0 aromatic rings. The first-order valence-electron chi connectivity index (χ1n) is 6.20. The van der Waals surface area contributed by atoms with Crippen LogP contribution in [-0.2, 0) is 19.1 Å². The Morgan fingerprint density at radius 3 is 1.58 bits per heavy atom. The van der Waals surface area contributed by atoms with Crippen LogP contribution in [0, 0.1) is 0 Å². The zero-order valence-electron chi connectivity index (χ0n) is 11.7. The van der Waals surface area contributed by atoms with Crippen molar-refractivity contribution in [1.29, 1.82) is 0 Å². The summed E-state index contributed by atoms with van der Waals surface area (Å²) in [5, 5.41) is 0. The summed E-state index contributed by atoms with van der Waals surface area (Å²) in [4.78, 5) is 21.0. The lowest BCUT2D eigenvalue weighted by molar-refractivity contribution is -0.142. The minimum Gasteiger partial charge on any atom is -0.466 e. The number of halogens is 1. The number of carbonyl (C=O) groups excluding carboxylic acids is 2. The molecule has 0 aliphatic heterocycles. The molecular formula is C12H22BClO4P. The monoisotopic (exact) mass is 307 g/mol. The fourth-order valence-electron chi connectivity index (χ4n) is 1.31. The van der Waals surface area contributed by atoms with Crippen molar-refractivity contribution in [2.24, 2.45) is 0 Å². The van der Waals surface area contributed by atoms with Crippen molar-refractivity contribution in [3.8, 4) is 0 Å². The van der Waals surface area contributed by atoms with Gasteiger partial charge in [-0.15, -0.1) is 0 Å². The number of hydrogen-bond donors (Lipinski definition) is 0. The van der Waals surface area contributed by atoms with Crippen molar-refractivity contribution < 1.29 is 19.1 Å². The Bertz CT molecular complexity index is 230. The number of ether oxygens (including phenoxy) is 2. The summed E-state index contributed by atoms with van der Waals surface area (Å²) in [6, 6.07) is 0. The van der Waals surface area contributed by atoms with Gasteiger partial charge in [0.25, 0.3) is 0 Å². The van der Waals surface area contributed by atoms with Gasteiger partial charge in [0.2, 0.25) is 0 Å². The number of rotatable bonds is 10. The average Bonchev–Trinajstić information content (AvgIpc) is 2.27.